The van der Waals surface area contributed by atoms with E-state index < -0.39 is 0 Å². The van der Waals surface area contributed by atoms with Gasteiger partial charge < -0.3 is 10.2 Å². The minimum atomic E-state index is -0.136. The molecule has 1 amide bonds. The first-order valence-corrected chi connectivity index (χ1v) is 11.6. The van der Waals surface area contributed by atoms with E-state index in [9.17, 15) is 9.59 Å². The SMILES string of the molecule is CCn1nc(CC(=O)Nc2ccc(CCC3CCN(C)CC3)cc2)c2ccccc2c1=O. The van der Waals surface area contributed by atoms with Gasteiger partial charge in [-0.25, -0.2) is 4.68 Å². The molecule has 1 aliphatic rings. The van der Waals surface area contributed by atoms with E-state index in [0.29, 0.717) is 17.6 Å². The van der Waals surface area contributed by atoms with E-state index in [1.807, 2.05) is 37.3 Å². The number of nitrogens with one attached hydrogen (secondary N) is 1. The third kappa shape index (κ3) is 5.25. The van der Waals surface area contributed by atoms with Crippen LogP contribution in [0.1, 0.15) is 37.4 Å². The van der Waals surface area contributed by atoms with E-state index in [1.54, 1.807) is 6.07 Å². The van der Waals surface area contributed by atoms with Crippen LogP contribution in [0.15, 0.2) is 53.3 Å². The molecule has 2 heterocycles. The van der Waals surface area contributed by atoms with Crippen molar-refractivity contribution in [2.75, 3.05) is 25.5 Å². The molecule has 1 N–H and O–H groups in total. The molecule has 168 valence electrons. The number of nitrogens with zero attached hydrogens (tertiary/aromatic N) is 3. The summed E-state index contributed by atoms with van der Waals surface area (Å²) in [6.07, 6.45) is 5.01. The molecular weight excluding hydrogens is 400 g/mol. The van der Waals surface area contributed by atoms with Gasteiger partial charge >= 0.3 is 0 Å². The highest BCUT2D eigenvalue weighted by Gasteiger charge is 2.16. The molecule has 0 spiro atoms. The zero-order valence-electron chi connectivity index (χ0n) is 19.0. The van der Waals surface area contributed by atoms with Gasteiger partial charge in [0.1, 0.15) is 0 Å². The maximum absolute atomic E-state index is 12.7. The average Bonchev–Trinajstić information content (AvgIpc) is 2.81. The molecule has 1 aliphatic heterocycles. The third-order valence-electron chi connectivity index (χ3n) is 6.49. The monoisotopic (exact) mass is 432 g/mol. The summed E-state index contributed by atoms with van der Waals surface area (Å²) in [5.74, 6) is 0.683. The van der Waals surface area contributed by atoms with E-state index in [2.05, 4.69) is 34.5 Å². The Labute approximate surface area is 189 Å². The van der Waals surface area contributed by atoms with E-state index in [0.717, 1.165) is 23.4 Å². The van der Waals surface area contributed by atoms with Crippen LogP contribution in [0, 0.1) is 5.92 Å². The zero-order valence-corrected chi connectivity index (χ0v) is 19.0. The minimum absolute atomic E-state index is 0.122. The summed E-state index contributed by atoms with van der Waals surface area (Å²) in [5, 5.41) is 8.74. The normalized spacial score (nSPS) is 15.2. The molecule has 6 nitrogen and oxygen atoms in total. The van der Waals surface area contributed by atoms with Gasteiger partial charge in [-0.05, 0) is 82.4 Å². The molecule has 2 aromatic carbocycles. The molecule has 0 unspecified atom stereocenters. The first kappa shape index (κ1) is 22.2. The molecule has 3 aromatic rings. The quantitative estimate of drug-likeness (QED) is 0.615. The van der Waals surface area contributed by atoms with Crippen LogP contribution in [0.5, 0.6) is 0 Å². The van der Waals surface area contributed by atoms with Gasteiger partial charge in [-0.3, -0.25) is 9.59 Å². The molecule has 0 aliphatic carbocycles. The molecule has 1 aromatic heterocycles. The molecule has 0 atom stereocenters. The Morgan fingerprint density at radius 1 is 1.06 bits per heavy atom. The molecule has 6 heteroatoms. The number of hydrogen-bond donors (Lipinski definition) is 1. The highest BCUT2D eigenvalue weighted by molar-refractivity contribution is 5.95. The number of amides is 1. The Balaban J connectivity index is 1.37. The maximum Gasteiger partial charge on any atom is 0.274 e. The second kappa shape index (κ2) is 10.1. The lowest BCUT2D eigenvalue weighted by molar-refractivity contribution is -0.115. The molecule has 0 radical (unpaired) electrons. The van der Waals surface area contributed by atoms with Gasteiger partial charge in [0, 0.05) is 17.6 Å². The second-order valence-electron chi connectivity index (χ2n) is 8.82. The number of piperidine rings is 1. The van der Waals surface area contributed by atoms with E-state index in [-0.39, 0.29) is 17.9 Å². The number of aromatic nitrogens is 2. The number of benzene rings is 2. The van der Waals surface area contributed by atoms with Gasteiger partial charge in [0.2, 0.25) is 5.91 Å². The van der Waals surface area contributed by atoms with Crippen LogP contribution in [0.3, 0.4) is 0 Å². The van der Waals surface area contributed by atoms with Crippen LogP contribution in [-0.2, 0) is 24.2 Å². The summed E-state index contributed by atoms with van der Waals surface area (Å²) in [6.45, 7) is 4.75. The number of rotatable bonds is 7. The third-order valence-corrected chi connectivity index (χ3v) is 6.49. The number of fused-ring (bicyclic) bond motifs is 1. The van der Waals surface area contributed by atoms with Crippen molar-refractivity contribution in [3.8, 4) is 0 Å². The van der Waals surface area contributed by atoms with Crippen molar-refractivity contribution < 1.29 is 4.79 Å². The molecule has 4 rings (SSSR count). The fraction of sp³-hybridized carbons (Fsp3) is 0.423. The largest absolute Gasteiger partial charge is 0.326 e. The van der Waals surface area contributed by atoms with Gasteiger partial charge in [0.15, 0.2) is 0 Å². The number of aryl methyl sites for hydroxylation is 2. The fourth-order valence-corrected chi connectivity index (χ4v) is 4.48. The summed E-state index contributed by atoms with van der Waals surface area (Å²) < 4.78 is 1.42. The van der Waals surface area contributed by atoms with Gasteiger partial charge in [-0.15, -0.1) is 0 Å². The van der Waals surface area contributed by atoms with Gasteiger partial charge in [-0.2, -0.15) is 5.10 Å². The predicted octanol–water partition coefficient (Wildman–Crippen LogP) is 3.87. The van der Waals surface area contributed by atoms with E-state index in [1.165, 1.54) is 42.6 Å². The highest BCUT2D eigenvalue weighted by Crippen LogP contribution is 2.22. The van der Waals surface area contributed by atoms with Crippen molar-refractivity contribution in [2.24, 2.45) is 5.92 Å². The Kier molecular flexibility index (Phi) is 7.00. The second-order valence-corrected chi connectivity index (χ2v) is 8.82. The van der Waals surface area contributed by atoms with Gasteiger partial charge in [0.05, 0.1) is 17.5 Å². The molecule has 0 bridgehead atoms. The minimum Gasteiger partial charge on any atom is -0.326 e. The Hall–Kier alpha value is -2.99. The Morgan fingerprint density at radius 3 is 2.44 bits per heavy atom. The first-order valence-electron chi connectivity index (χ1n) is 11.6. The molecule has 1 saturated heterocycles. The summed E-state index contributed by atoms with van der Waals surface area (Å²) in [7, 11) is 2.20. The van der Waals surface area contributed by atoms with Crippen LogP contribution in [0.25, 0.3) is 10.8 Å². The maximum atomic E-state index is 12.7. The number of hydrogen-bond acceptors (Lipinski definition) is 4. The van der Waals surface area contributed by atoms with Crippen molar-refractivity contribution in [1.29, 1.82) is 0 Å². The van der Waals surface area contributed by atoms with E-state index in [4.69, 9.17) is 0 Å². The summed E-state index contributed by atoms with van der Waals surface area (Å²) in [5.41, 5.74) is 2.59. The molecular formula is C26H32N4O2. The van der Waals surface area contributed by atoms with Crippen molar-refractivity contribution in [3.63, 3.8) is 0 Å². The molecule has 32 heavy (non-hydrogen) atoms. The molecule has 1 fully saturated rings. The lowest BCUT2D eigenvalue weighted by Gasteiger charge is -2.28. The van der Waals surface area contributed by atoms with Gasteiger partial charge in [0.25, 0.3) is 5.56 Å². The number of carbonyl (C=O) groups is 1. The highest BCUT2D eigenvalue weighted by atomic mass is 16.1. The number of carbonyl (C=O) groups excluding carboxylic acids is 1. The lowest BCUT2D eigenvalue weighted by Crippen LogP contribution is -2.30. The smallest absolute Gasteiger partial charge is 0.274 e. The van der Waals surface area contributed by atoms with Crippen molar-refractivity contribution in [1.82, 2.24) is 14.7 Å². The van der Waals surface area contributed by atoms with Crippen LogP contribution >= 0.6 is 0 Å². The van der Waals surface area contributed by atoms with Crippen LogP contribution in [0.4, 0.5) is 5.69 Å². The Bertz CT molecular complexity index is 1130. The van der Waals surface area contributed by atoms with Gasteiger partial charge in [-0.1, -0.05) is 30.3 Å². The van der Waals surface area contributed by atoms with Crippen LogP contribution < -0.4 is 10.9 Å². The van der Waals surface area contributed by atoms with Crippen molar-refractivity contribution in [3.05, 3.63) is 70.1 Å². The topological polar surface area (TPSA) is 67.2 Å². The van der Waals surface area contributed by atoms with Crippen LogP contribution in [-0.4, -0.2) is 40.7 Å². The summed E-state index contributed by atoms with van der Waals surface area (Å²) in [6, 6.07) is 15.5. The number of anilines is 1. The average molecular weight is 433 g/mol. The fourth-order valence-electron chi connectivity index (χ4n) is 4.48. The van der Waals surface area contributed by atoms with Crippen LogP contribution in [0.2, 0.25) is 0 Å². The van der Waals surface area contributed by atoms with E-state index >= 15 is 0 Å². The first-order chi connectivity index (χ1) is 15.5. The Morgan fingerprint density at radius 2 is 1.75 bits per heavy atom. The zero-order chi connectivity index (χ0) is 22.5. The molecule has 0 saturated carbocycles. The summed E-state index contributed by atoms with van der Waals surface area (Å²) in [4.78, 5) is 27.6. The summed E-state index contributed by atoms with van der Waals surface area (Å²) >= 11 is 0. The standard InChI is InChI=1S/C26H32N4O2/c1-3-30-26(32)23-7-5-4-6-22(23)24(28-30)18-25(31)27-21-12-10-19(11-13-21)8-9-20-14-16-29(2)17-15-20/h4-7,10-13,20H,3,8-9,14-18H2,1-2H3,(H,27,31). The van der Waals surface area contributed by atoms with Crippen molar-refractivity contribution >= 4 is 22.4 Å². The lowest BCUT2D eigenvalue weighted by atomic mass is 9.91. The predicted molar refractivity (Wildman–Crippen MR) is 129 cm³/mol. The van der Waals surface area contributed by atoms with Crippen molar-refractivity contribution in [2.45, 2.75) is 45.6 Å². The number of likely N-dealkylation sites (tertiary alicyclic amines) is 1.